The van der Waals surface area contributed by atoms with Crippen LogP contribution in [0.3, 0.4) is 0 Å². The fourth-order valence-corrected chi connectivity index (χ4v) is 4.24. The third kappa shape index (κ3) is 4.65. The Balaban J connectivity index is 1.69. The van der Waals surface area contributed by atoms with Gasteiger partial charge in [-0.2, -0.15) is 10.1 Å². The van der Waals surface area contributed by atoms with Crippen molar-refractivity contribution >= 4 is 29.2 Å². The van der Waals surface area contributed by atoms with E-state index in [9.17, 15) is 9.59 Å². The molecule has 1 aliphatic rings. The summed E-state index contributed by atoms with van der Waals surface area (Å²) < 4.78 is 10.5. The van der Waals surface area contributed by atoms with Crippen molar-refractivity contribution in [2.45, 2.75) is 0 Å². The molecule has 1 aliphatic carbocycles. The molecule has 0 saturated carbocycles. The number of hydrogen-bond donors (Lipinski definition) is 0. The number of methoxy groups -OCH3 is 2. The van der Waals surface area contributed by atoms with Crippen molar-refractivity contribution in [3.63, 3.8) is 0 Å². The van der Waals surface area contributed by atoms with E-state index in [1.54, 1.807) is 50.8 Å². The number of carbonyl (C=O) groups excluding carboxylic acids is 2. The average molecular weight is 489 g/mol. The molecule has 6 nitrogen and oxygen atoms in total. The Hall–Kier alpha value is -4.97. The molecule has 0 fully saturated rings. The van der Waals surface area contributed by atoms with Crippen molar-refractivity contribution in [3.05, 3.63) is 131 Å². The van der Waals surface area contributed by atoms with E-state index < -0.39 is 0 Å². The highest BCUT2D eigenvalue weighted by Gasteiger charge is 2.36. The Kier molecular flexibility index (Phi) is 6.64. The van der Waals surface area contributed by atoms with Gasteiger partial charge < -0.3 is 9.47 Å². The maximum atomic E-state index is 14.0. The van der Waals surface area contributed by atoms with Crippen LogP contribution in [0.4, 0.5) is 0 Å². The molecule has 4 aromatic carbocycles. The van der Waals surface area contributed by atoms with Crippen LogP contribution in [0.2, 0.25) is 0 Å². The monoisotopic (exact) mass is 488 g/mol. The molecule has 0 saturated heterocycles. The standard InChI is InChI=1S/C31H24N2O4/c1-36-24-16-12-21(13-17-24)20-32-33(31(35)23-14-18-25(37-2)19-15-23)29-26-10-6-7-11-27(26)30(34)28(29)22-8-4-3-5-9-22/h3-20H,1-2H3/b32-20-. The first-order valence-electron chi connectivity index (χ1n) is 11.7. The van der Waals surface area contributed by atoms with Crippen molar-refractivity contribution in [1.82, 2.24) is 5.01 Å². The van der Waals surface area contributed by atoms with Crippen molar-refractivity contribution in [2.75, 3.05) is 14.2 Å². The average Bonchev–Trinajstić information content (AvgIpc) is 3.26. The molecule has 37 heavy (non-hydrogen) atoms. The zero-order valence-corrected chi connectivity index (χ0v) is 20.4. The Labute approximate surface area is 215 Å². The highest BCUT2D eigenvalue weighted by atomic mass is 16.5. The number of amides is 1. The molecule has 5 rings (SSSR count). The highest BCUT2D eigenvalue weighted by molar-refractivity contribution is 6.40. The molecular weight excluding hydrogens is 464 g/mol. The fraction of sp³-hybridized carbons (Fsp3) is 0.0645. The lowest BCUT2D eigenvalue weighted by Crippen LogP contribution is -2.25. The van der Waals surface area contributed by atoms with Gasteiger partial charge in [-0.25, -0.2) is 0 Å². The lowest BCUT2D eigenvalue weighted by atomic mass is 10.0. The number of ketones is 1. The SMILES string of the molecule is COc1ccc(/C=N\N(C(=O)c2ccc(OC)cc2)C2=C(c3ccccc3)C(=O)c3ccccc32)cc1. The number of nitrogens with zero attached hydrogens (tertiary/aromatic N) is 2. The minimum Gasteiger partial charge on any atom is -0.497 e. The number of ether oxygens (including phenoxy) is 2. The largest absolute Gasteiger partial charge is 0.497 e. The molecule has 182 valence electrons. The van der Waals surface area contributed by atoms with Crippen LogP contribution in [0.1, 0.15) is 37.4 Å². The smallest absolute Gasteiger partial charge is 0.278 e. The van der Waals surface area contributed by atoms with E-state index in [4.69, 9.17) is 9.47 Å². The summed E-state index contributed by atoms with van der Waals surface area (Å²) in [5.74, 6) is 0.826. The first-order chi connectivity index (χ1) is 18.1. The predicted molar refractivity (Wildman–Crippen MR) is 144 cm³/mol. The summed E-state index contributed by atoms with van der Waals surface area (Å²) in [7, 11) is 3.17. The van der Waals surface area contributed by atoms with Gasteiger partial charge in [0.25, 0.3) is 5.91 Å². The zero-order chi connectivity index (χ0) is 25.8. The second-order valence-corrected chi connectivity index (χ2v) is 8.33. The minimum atomic E-state index is -0.375. The quantitative estimate of drug-likeness (QED) is 0.238. The highest BCUT2D eigenvalue weighted by Crippen LogP contribution is 2.41. The van der Waals surface area contributed by atoms with Crippen LogP contribution in [0, 0.1) is 0 Å². The Bertz CT molecular complexity index is 1510. The molecule has 0 aromatic heterocycles. The van der Waals surface area contributed by atoms with E-state index in [2.05, 4.69) is 5.10 Å². The van der Waals surface area contributed by atoms with Crippen molar-refractivity contribution in [1.29, 1.82) is 0 Å². The fourth-order valence-electron chi connectivity index (χ4n) is 4.24. The van der Waals surface area contributed by atoms with Crippen molar-refractivity contribution < 1.29 is 19.1 Å². The van der Waals surface area contributed by atoms with Gasteiger partial charge in [0.1, 0.15) is 11.5 Å². The summed E-state index contributed by atoms with van der Waals surface area (Å²) in [5, 5.41) is 5.95. The number of allylic oxidation sites excluding steroid dienone is 1. The molecule has 4 aromatic rings. The molecule has 0 aliphatic heterocycles. The molecule has 6 heteroatoms. The van der Waals surface area contributed by atoms with Gasteiger partial charge >= 0.3 is 0 Å². The summed E-state index contributed by atoms with van der Waals surface area (Å²) >= 11 is 0. The molecule has 0 bridgehead atoms. The maximum Gasteiger partial charge on any atom is 0.278 e. The Morgan fingerprint density at radius 1 is 0.730 bits per heavy atom. The molecule has 0 heterocycles. The van der Waals surface area contributed by atoms with Crippen LogP contribution >= 0.6 is 0 Å². The van der Waals surface area contributed by atoms with E-state index in [0.717, 1.165) is 5.56 Å². The van der Waals surface area contributed by atoms with Crippen LogP contribution in [0.25, 0.3) is 11.3 Å². The number of carbonyl (C=O) groups is 2. The number of hydrogen-bond acceptors (Lipinski definition) is 5. The van der Waals surface area contributed by atoms with E-state index in [0.29, 0.717) is 45.0 Å². The summed E-state index contributed by atoms with van der Waals surface area (Å²) in [5.41, 5.74) is 3.94. The third-order valence-corrected chi connectivity index (χ3v) is 6.13. The molecule has 0 unspecified atom stereocenters. The predicted octanol–water partition coefficient (Wildman–Crippen LogP) is 5.94. The van der Waals surface area contributed by atoms with Crippen LogP contribution in [0.5, 0.6) is 11.5 Å². The number of rotatable bonds is 7. The van der Waals surface area contributed by atoms with Gasteiger partial charge in [-0.05, 0) is 59.7 Å². The van der Waals surface area contributed by atoms with Gasteiger partial charge in [-0.1, -0.05) is 54.6 Å². The lowest BCUT2D eigenvalue weighted by Gasteiger charge is -2.21. The van der Waals surface area contributed by atoms with E-state index in [1.807, 2.05) is 72.8 Å². The first kappa shape index (κ1) is 23.8. The topological polar surface area (TPSA) is 68.2 Å². The summed E-state index contributed by atoms with van der Waals surface area (Å²) in [6.07, 6.45) is 1.60. The number of benzene rings is 4. The summed E-state index contributed by atoms with van der Waals surface area (Å²) in [6, 6.07) is 30.8. The van der Waals surface area contributed by atoms with Gasteiger partial charge in [-0.3, -0.25) is 9.59 Å². The van der Waals surface area contributed by atoms with Gasteiger partial charge in [0, 0.05) is 16.7 Å². The van der Waals surface area contributed by atoms with E-state index in [1.165, 1.54) is 5.01 Å². The second-order valence-electron chi connectivity index (χ2n) is 8.33. The van der Waals surface area contributed by atoms with Crippen molar-refractivity contribution in [3.8, 4) is 11.5 Å². The molecule has 0 atom stereocenters. The number of fused-ring (bicyclic) bond motifs is 1. The van der Waals surface area contributed by atoms with Gasteiger partial charge in [0.05, 0.1) is 31.7 Å². The zero-order valence-electron chi connectivity index (χ0n) is 20.4. The number of Topliss-reactive ketones (excluding diaryl/α,β-unsaturated/α-hetero) is 1. The Morgan fingerprint density at radius 2 is 1.30 bits per heavy atom. The van der Waals surface area contributed by atoms with E-state index in [-0.39, 0.29) is 11.7 Å². The maximum absolute atomic E-state index is 14.0. The molecule has 0 radical (unpaired) electrons. The number of hydrazone groups is 1. The Morgan fingerprint density at radius 3 is 1.92 bits per heavy atom. The van der Waals surface area contributed by atoms with Crippen LogP contribution in [-0.2, 0) is 0 Å². The molecule has 0 spiro atoms. The van der Waals surface area contributed by atoms with Gasteiger partial charge in [-0.15, -0.1) is 0 Å². The van der Waals surface area contributed by atoms with Gasteiger partial charge in [0.2, 0.25) is 0 Å². The van der Waals surface area contributed by atoms with Crippen molar-refractivity contribution in [2.24, 2.45) is 5.10 Å². The van der Waals surface area contributed by atoms with Crippen LogP contribution in [-0.4, -0.2) is 37.1 Å². The normalized spacial score (nSPS) is 12.5. The molecular formula is C31H24N2O4. The second kappa shape index (κ2) is 10.3. The minimum absolute atomic E-state index is 0.149. The van der Waals surface area contributed by atoms with E-state index >= 15 is 0 Å². The molecule has 0 N–H and O–H groups in total. The summed E-state index contributed by atoms with van der Waals surface area (Å²) in [6.45, 7) is 0. The van der Waals surface area contributed by atoms with Gasteiger partial charge in [0.15, 0.2) is 5.78 Å². The van der Waals surface area contributed by atoms with Crippen LogP contribution < -0.4 is 9.47 Å². The van der Waals surface area contributed by atoms with Crippen LogP contribution in [0.15, 0.2) is 108 Å². The third-order valence-electron chi connectivity index (χ3n) is 6.13. The summed E-state index contributed by atoms with van der Waals surface area (Å²) in [4.78, 5) is 27.6. The molecule has 1 amide bonds. The lowest BCUT2D eigenvalue weighted by molar-refractivity contribution is 0.0840. The first-order valence-corrected chi connectivity index (χ1v) is 11.7.